The van der Waals surface area contributed by atoms with Gasteiger partial charge in [-0.05, 0) is 17.5 Å². The summed E-state index contributed by atoms with van der Waals surface area (Å²) in [4.78, 5) is 12.0. The van der Waals surface area contributed by atoms with E-state index in [0.29, 0.717) is 18.2 Å². The van der Waals surface area contributed by atoms with Gasteiger partial charge in [0.1, 0.15) is 5.69 Å². The molecule has 0 aliphatic carbocycles. The third kappa shape index (κ3) is 3.45. The van der Waals surface area contributed by atoms with Crippen LogP contribution in [0.15, 0.2) is 36.4 Å². The van der Waals surface area contributed by atoms with E-state index >= 15 is 0 Å². The number of benzene rings is 1. The van der Waals surface area contributed by atoms with Crippen molar-refractivity contribution >= 4 is 5.91 Å². The molecule has 5 nitrogen and oxygen atoms in total. The van der Waals surface area contributed by atoms with E-state index in [-0.39, 0.29) is 11.9 Å². The Balaban J connectivity index is 1.91. The molecule has 0 saturated carbocycles. The van der Waals surface area contributed by atoms with E-state index in [0.717, 1.165) is 11.3 Å². The van der Waals surface area contributed by atoms with Gasteiger partial charge in [0.25, 0.3) is 5.91 Å². The standard InChI is InChI=1S/C15H20N4O/c1-10(2)13-8-14(19-18-13)15(20)17-9-12(16)11-6-4-3-5-7-11/h3-8,10,12H,9,16H2,1-2H3,(H,17,20)(H,18,19). The summed E-state index contributed by atoms with van der Waals surface area (Å²) in [5, 5.41) is 9.68. The van der Waals surface area contributed by atoms with Crippen molar-refractivity contribution in [2.45, 2.75) is 25.8 Å². The Hall–Kier alpha value is -2.14. The molecule has 106 valence electrons. The lowest BCUT2D eigenvalue weighted by Crippen LogP contribution is -2.32. The normalized spacial score (nSPS) is 12.4. The van der Waals surface area contributed by atoms with Crippen LogP contribution in [0.4, 0.5) is 0 Å². The topological polar surface area (TPSA) is 83.8 Å². The van der Waals surface area contributed by atoms with E-state index < -0.39 is 0 Å². The molecule has 0 bridgehead atoms. The Morgan fingerprint density at radius 2 is 2.05 bits per heavy atom. The van der Waals surface area contributed by atoms with Gasteiger partial charge in [0.2, 0.25) is 0 Å². The number of amides is 1. The first-order valence-corrected chi connectivity index (χ1v) is 6.72. The quantitative estimate of drug-likeness (QED) is 0.778. The van der Waals surface area contributed by atoms with Gasteiger partial charge in [0, 0.05) is 18.3 Å². The fraction of sp³-hybridized carbons (Fsp3) is 0.333. The summed E-state index contributed by atoms with van der Waals surface area (Å²) in [6.07, 6.45) is 0. The molecule has 0 aliphatic rings. The lowest BCUT2D eigenvalue weighted by Gasteiger charge is -2.12. The molecular formula is C15H20N4O. The van der Waals surface area contributed by atoms with Crippen LogP contribution < -0.4 is 11.1 Å². The number of H-pyrrole nitrogens is 1. The lowest BCUT2D eigenvalue weighted by molar-refractivity contribution is 0.0946. The van der Waals surface area contributed by atoms with Gasteiger partial charge in [0.15, 0.2) is 0 Å². The van der Waals surface area contributed by atoms with Gasteiger partial charge in [-0.2, -0.15) is 5.10 Å². The first kappa shape index (κ1) is 14.3. The Labute approximate surface area is 118 Å². The summed E-state index contributed by atoms with van der Waals surface area (Å²) in [7, 11) is 0. The van der Waals surface area contributed by atoms with Crippen LogP contribution in [-0.4, -0.2) is 22.6 Å². The molecule has 20 heavy (non-hydrogen) atoms. The molecule has 0 spiro atoms. The maximum absolute atomic E-state index is 12.0. The van der Waals surface area contributed by atoms with E-state index in [2.05, 4.69) is 15.5 Å². The van der Waals surface area contributed by atoms with Crippen molar-refractivity contribution in [2.75, 3.05) is 6.54 Å². The molecule has 0 saturated heterocycles. The van der Waals surface area contributed by atoms with Crippen molar-refractivity contribution in [1.82, 2.24) is 15.5 Å². The van der Waals surface area contributed by atoms with Crippen molar-refractivity contribution in [1.29, 1.82) is 0 Å². The number of hydrogen-bond donors (Lipinski definition) is 3. The maximum atomic E-state index is 12.0. The van der Waals surface area contributed by atoms with Gasteiger partial charge >= 0.3 is 0 Å². The van der Waals surface area contributed by atoms with Crippen molar-refractivity contribution in [3.8, 4) is 0 Å². The number of aromatic nitrogens is 2. The van der Waals surface area contributed by atoms with Crippen LogP contribution in [0.25, 0.3) is 0 Å². The minimum atomic E-state index is -0.219. The second-order valence-electron chi connectivity index (χ2n) is 5.09. The summed E-state index contributed by atoms with van der Waals surface area (Å²) in [5.74, 6) is 0.107. The summed E-state index contributed by atoms with van der Waals surface area (Å²) in [5.41, 5.74) is 8.37. The van der Waals surface area contributed by atoms with Crippen LogP contribution in [0.5, 0.6) is 0 Å². The van der Waals surface area contributed by atoms with Crippen molar-refractivity contribution in [3.63, 3.8) is 0 Å². The number of aromatic amines is 1. The van der Waals surface area contributed by atoms with Crippen molar-refractivity contribution < 1.29 is 4.79 Å². The van der Waals surface area contributed by atoms with Crippen LogP contribution in [0.2, 0.25) is 0 Å². The molecule has 4 N–H and O–H groups in total. The van der Waals surface area contributed by atoms with Crippen LogP contribution in [-0.2, 0) is 0 Å². The van der Waals surface area contributed by atoms with Crippen LogP contribution in [0.1, 0.15) is 47.6 Å². The highest BCUT2D eigenvalue weighted by Gasteiger charge is 2.13. The predicted octanol–water partition coefficient (Wildman–Crippen LogP) is 1.96. The molecule has 0 aliphatic heterocycles. The Bertz CT molecular complexity index is 562. The Morgan fingerprint density at radius 3 is 2.65 bits per heavy atom. The average molecular weight is 272 g/mol. The average Bonchev–Trinajstić information content (AvgIpc) is 2.95. The Kier molecular flexibility index (Phi) is 4.53. The highest BCUT2D eigenvalue weighted by atomic mass is 16.1. The fourth-order valence-electron chi connectivity index (χ4n) is 1.86. The highest BCUT2D eigenvalue weighted by Crippen LogP contribution is 2.12. The summed E-state index contributed by atoms with van der Waals surface area (Å²) in [6.45, 7) is 4.47. The van der Waals surface area contributed by atoms with E-state index in [1.165, 1.54) is 0 Å². The number of hydrogen-bond acceptors (Lipinski definition) is 3. The molecule has 1 aromatic carbocycles. The largest absolute Gasteiger partial charge is 0.349 e. The van der Waals surface area contributed by atoms with E-state index in [4.69, 9.17) is 5.73 Å². The van der Waals surface area contributed by atoms with Gasteiger partial charge in [-0.15, -0.1) is 0 Å². The molecule has 5 heteroatoms. The van der Waals surface area contributed by atoms with Crippen molar-refractivity contribution in [3.05, 3.63) is 53.3 Å². The molecule has 1 amide bonds. The number of carbonyl (C=O) groups excluding carboxylic acids is 1. The summed E-state index contributed by atoms with van der Waals surface area (Å²) >= 11 is 0. The SMILES string of the molecule is CC(C)c1cc(C(=O)NCC(N)c2ccccc2)n[nH]1. The minimum absolute atomic E-state index is 0.209. The number of nitrogens with one attached hydrogen (secondary N) is 2. The minimum Gasteiger partial charge on any atom is -0.349 e. The second-order valence-corrected chi connectivity index (χ2v) is 5.09. The summed E-state index contributed by atoms with van der Waals surface area (Å²) < 4.78 is 0. The molecule has 1 unspecified atom stereocenters. The fourth-order valence-corrected chi connectivity index (χ4v) is 1.86. The van der Waals surface area contributed by atoms with Gasteiger partial charge in [-0.25, -0.2) is 0 Å². The van der Waals surface area contributed by atoms with Gasteiger partial charge in [-0.1, -0.05) is 44.2 Å². The zero-order valence-corrected chi connectivity index (χ0v) is 11.8. The first-order chi connectivity index (χ1) is 9.58. The van der Waals surface area contributed by atoms with Crippen LogP contribution in [0, 0.1) is 0 Å². The smallest absolute Gasteiger partial charge is 0.271 e. The number of nitrogens with two attached hydrogens (primary N) is 1. The molecular weight excluding hydrogens is 252 g/mol. The summed E-state index contributed by atoms with van der Waals surface area (Å²) in [6, 6.07) is 11.2. The van der Waals surface area contributed by atoms with Crippen molar-refractivity contribution in [2.24, 2.45) is 5.73 Å². The highest BCUT2D eigenvalue weighted by molar-refractivity contribution is 5.92. The number of nitrogens with zero attached hydrogens (tertiary/aromatic N) is 1. The first-order valence-electron chi connectivity index (χ1n) is 6.72. The predicted molar refractivity (Wildman–Crippen MR) is 78.4 cm³/mol. The molecule has 2 aromatic rings. The monoisotopic (exact) mass is 272 g/mol. The van der Waals surface area contributed by atoms with E-state index in [1.807, 2.05) is 44.2 Å². The molecule has 1 atom stereocenters. The third-order valence-corrected chi connectivity index (χ3v) is 3.16. The van der Waals surface area contributed by atoms with Crippen LogP contribution in [0.3, 0.4) is 0 Å². The van der Waals surface area contributed by atoms with Gasteiger partial charge < -0.3 is 11.1 Å². The second kappa shape index (κ2) is 6.34. The molecule has 1 heterocycles. The number of rotatable bonds is 5. The number of carbonyl (C=O) groups is 1. The molecule has 0 radical (unpaired) electrons. The van der Waals surface area contributed by atoms with Crippen LogP contribution >= 0.6 is 0 Å². The van der Waals surface area contributed by atoms with Gasteiger partial charge in [0.05, 0.1) is 0 Å². The maximum Gasteiger partial charge on any atom is 0.271 e. The lowest BCUT2D eigenvalue weighted by atomic mass is 10.1. The molecule has 2 rings (SSSR count). The van der Waals surface area contributed by atoms with Gasteiger partial charge in [-0.3, -0.25) is 9.89 Å². The van der Waals surface area contributed by atoms with E-state index in [9.17, 15) is 4.79 Å². The van der Waals surface area contributed by atoms with E-state index in [1.54, 1.807) is 6.07 Å². The molecule has 1 aromatic heterocycles. The zero-order chi connectivity index (χ0) is 14.5. The third-order valence-electron chi connectivity index (χ3n) is 3.16. The zero-order valence-electron chi connectivity index (χ0n) is 11.8. The Morgan fingerprint density at radius 1 is 1.35 bits per heavy atom. The molecule has 0 fully saturated rings.